The maximum atomic E-state index is 12.6. The highest BCUT2D eigenvalue weighted by molar-refractivity contribution is 5.91. The van der Waals surface area contributed by atoms with Gasteiger partial charge in [-0.25, -0.2) is 9.97 Å². The molecule has 3 aromatic heterocycles. The van der Waals surface area contributed by atoms with Crippen molar-refractivity contribution in [3.8, 4) is 0 Å². The molecule has 0 atom stereocenters. The van der Waals surface area contributed by atoms with Gasteiger partial charge in [0.15, 0.2) is 0 Å². The third kappa shape index (κ3) is 3.71. The van der Waals surface area contributed by atoms with Crippen LogP contribution in [-0.2, 0) is 4.79 Å². The third-order valence-electron chi connectivity index (χ3n) is 5.21. The van der Waals surface area contributed by atoms with Crippen molar-refractivity contribution in [1.82, 2.24) is 14.4 Å². The van der Waals surface area contributed by atoms with Gasteiger partial charge in [0.05, 0.1) is 4.92 Å². The zero-order valence-electron chi connectivity index (χ0n) is 16.3. The highest BCUT2D eigenvalue weighted by Crippen LogP contribution is 2.28. The van der Waals surface area contributed by atoms with Gasteiger partial charge in [0.25, 0.3) is 0 Å². The number of fused-ring (bicyclic) bond motifs is 1. The summed E-state index contributed by atoms with van der Waals surface area (Å²) >= 11 is 0. The lowest BCUT2D eigenvalue weighted by atomic mass is 9.96. The van der Waals surface area contributed by atoms with Gasteiger partial charge in [0, 0.05) is 31.4 Å². The molecule has 1 aliphatic heterocycles. The van der Waals surface area contributed by atoms with Crippen LogP contribution in [0, 0.1) is 23.0 Å². The van der Waals surface area contributed by atoms with E-state index in [4.69, 9.17) is 0 Å². The van der Waals surface area contributed by atoms with Crippen LogP contribution in [0.2, 0.25) is 0 Å². The Morgan fingerprint density at radius 2 is 2.03 bits per heavy atom. The molecule has 0 unspecified atom stereocenters. The first-order valence-electron chi connectivity index (χ1n) is 9.58. The number of nitrogens with zero attached hydrogens (tertiary/aromatic N) is 5. The molecule has 0 aliphatic carbocycles. The standard InChI is InChI=1S/C20H20N6O4/c1-13-5-8-21-15(12-13)22-19(27)14-6-10-24(11-7-14)18-17(26(29)30)20(28)25-9-3-2-4-16(25)23-18/h2-5,8-9,12,14H,6-7,10-11H2,1H3,(H,21,22,27). The number of nitrogens with one attached hydrogen (secondary N) is 1. The molecule has 1 amide bonds. The summed E-state index contributed by atoms with van der Waals surface area (Å²) in [5, 5.41) is 14.4. The van der Waals surface area contributed by atoms with Gasteiger partial charge < -0.3 is 10.2 Å². The van der Waals surface area contributed by atoms with Crippen molar-refractivity contribution in [2.75, 3.05) is 23.3 Å². The molecule has 10 heteroatoms. The molecule has 154 valence electrons. The van der Waals surface area contributed by atoms with E-state index in [1.807, 2.05) is 13.0 Å². The van der Waals surface area contributed by atoms with Gasteiger partial charge in [-0.1, -0.05) is 6.07 Å². The highest BCUT2D eigenvalue weighted by Gasteiger charge is 2.32. The number of carbonyl (C=O) groups is 1. The molecule has 10 nitrogen and oxygen atoms in total. The van der Waals surface area contributed by atoms with Gasteiger partial charge >= 0.3 is 11.2 Å². The van der Waals surface area contributed by atoms with E-state index in [9.17, 15) is 19.7 Å². The fraction of sp³-hybridized carbons (Fsp3) is 0.300. The Labute approximate surface area is 171 Å². The van der Waals surface area contributed by atoms with E-state index in [2.05, 4.69) is 15.3 Å². The van der Waals surface area contributed by atoms with Crippen LogP contribution in [0.3, 0.4) is 0 Å². The molecule has 4 heterocycles. The van der Waals surface area contributed by atoms with Crippen LogP contribution >= 0.6 is 0 Å². The predicted octanol–water partition coefficient (Wildman–Crippen LogP) is 2.16. The fourth-order valence-corrected chi connectivity index (χ4v) is 3.63. The zero-order chi connectivity index (χ0) is 21.3. The number of hydrogen-bond donors (Lipinski definition) is 1. The minimum atomic E-state index is -0.717. The van der Waals surface area contributed by atoms with Gasteiger partial charge in [-0.3, -0.25) is 24.1 Å². The van der Waals surface area contributed by atoms with Crippen molar-refractivity contribution >= 4 is 28.9 Å². The summed E-state index contributed by atoms with van der Waals surface area (Å²) in [6.45, 7) is 2.69. The number of aryl methyl sites for hydroxylation is 1. The van der Waals surface area contributed by atoms with Gasteiger partial charge in [0.2, 0.25) is 11.7 Å². The van der Waals surface area contributed by atoms with Gasteiger partial charge in [-0.15, -0.1) is 0 Å². The molecule has 1 aliphatic rings. The molecule has 0 aromatic carbocycles. The van der Waals surface area contributed by atoms with Crippen molar-refractivity contribution in [3.63, 3.8) is 0 Å². The Morgan fingerprint density at radius 3 is 2.73 bits per heavy atom. The largest absolute Gasteiger partial charge is 0.376 e. The smallest absolute Gasteiger partial charge is 0.351 e. The third-order valence-corrected chi connectivity index (χ3v) is 5.21. The molecule has 3 aromatic rings. The molecule has 0 saturated carbocycles. The average Bonchev–Trinajstić information content (AvgIpc) is 2.73. The molecule has 0 radical (unpaired) electrons. The molecule has 0 spiro atoms. The summed E-state index contributed by atoms with van der Waals surface area (Å²) in [4.78, 5) is 46.3. The first kappa shape index (κ1) is 19.5. The SMILES string of the molecule is Cc1ccnc(NC(=O)C2CCN(c3nc4ccccn4c(=O)c3[N+](=O)[O-])CC2)c1. The second-order valence-corrected chi connectivity index (χ2v) is 7.24. The van der Waals surface area contributed by atoms with E-state index in [0.717, 1.165) is 9.96 Å². The van der Waals surface area contributed by atoms with Crippen molar-refractivity contribution in [3.05, 3.63) is 68.8 Å². The topological polar surface area (TPSA) is 123 Å². The predicted molar refractivity (Wildman–Crippen MR) is 111 cm³/mol. The molecular weight excluding hydrogens is 388 g/mol. The molecule has 4 rings (SSSR count). The fourth-order valence-electron chi connectivity index (χ4n) is 3.63. The Balaban J connectivity index is 1.53. The lowest BCUT2D eigenvalue weighted by molar-refractivity contribution is -0.385. The van der Waals surface area contributed by atoms with Crippen LogP contribution < -0.4 is 15.8 Å². The Kier molecular flexibility index (Phi) is 5.13. The van der Waals surface area contributed by atoms with E-state index in [-0.39, 0.29) is 17.6 Å². The maximum absolute atomic E-state index is 12.6. The Hall–Kier alpha value is -3.82. The van der Waals surface area contributed by atoms with Crippen molar-refractivity contribution in [2.24, 2.45) is 5.92 Å². The molecule has 0 bridgehead atoms. The number of rotatable bonds is 4. The van der Waals surface area contributed by atoms with Crippen LogP contribution in [0.4, 0.5) is 17.3 Å². The van der Waals surface area contributed by atoms with E-state index in [1.54, 1.807) is 35.4 Å². The minimum Gasteiger partial charge on any atom is -0.351 e. The first-order chi connectivity index (χ1) is 14.4. The summed E-state index contributed by atoms with van der Waals surface area (Å²) in [6, 6.07) is 8.60. The zero-order valence-corrected chi connectivity index (χ0v) is 16.3. The number of anilines is 2. The van der Waals surface area contributed by atoms with E-state index in [0.29, 0.717) is 37.4 Å². The summed E-state index contributed by atoms with van der Waals surface area (Å²) in [7, 11) is 0. The summed E-state index contributed by atoms with van der Waals surface area (Å²) in [5.41, 5.74) is 0.0705. The lowest BCUT2D eigenvalue weighted by Gasteiger charge is -2.31. The molecule has 1 N–H and O–H groups in total. The molecule has 30 heavy (non-hydrogen) atoms. The number of nitro groups is 1. The normalized spacial score (nSPS) is 14.6. The van der Waals surface area contributed by atoms with Crippen molar-refractivity contribution in [2.45, 2.75) is 19.8 Å². The Morgan fingerprint density at radius 1 is 1.27 bits per heavy atom. The van der Waals surface area contributed by atoms with Crippen LogP contribution in [0.5, 0.6) is 0 Å². The molecular formula is C20H20N6O4. The van der Waals surface area contributed by atoms with Crippen LogP contribution in [-0.4, -0.2) is 38.3 Å². The van der Waals surface area contributed by atoms with Crippen LogP contribution in [0.1, 0.15) is 18.4 Å². The highest BCUT2D eigenvalue weighted by atomic mass is 16.6. The number of piperidine rings is 1. The monoisotopic (exact) mass is 408 g/mol. The second-order valence-electron chi connectivity index (χ2n) is 7.24. The van der Waals surface area contributed by atoms with Crippen LogP contribution in [0.25, 0.3) is 5.65 Å². The first-order valence-corrected chi connectivity index (χ1v) is 9.58. The number of pyridine rings is 2. The maximum Gasteiger partial charge on any atom is 0.376 e. The van der Waals surface area contributed by atoms with E-state index < -0.39 is 16.2 Å². The average molecular weight is 408 g/mol. The van der Waals surface area contributed by atoms with Gasteiger partial charge in [-0.05, 0) is 49.6 Å². The Bertz CT molecular complexity index is 1180. The minimum absolute atomic E-state index is 0.0513. The van der Waals surface area contributed by atoms with Crippen molar-refractivity contribution < 1.29 is 9.72 Å². The summed E-state index contributed by atoms with van der Waals surface area (Å²) in [5.74, 6) is 0.177. The van der Waals surface area contributed by atoms with Crippen LogP contribution in [0.15, 0.2) is 47.5 Å². The van der Waals surface area contributed by atoms with E-state index in [1.165, 1.54) is 6.20 Å². The van der Waals surface area contributed by atoms with E-state index >= 15 is 0 Å². The summed E-state index contributed by atoms with van der Waals surface area (Å²) in [6.07, 6.45) is 4.07. The van der Waals surface area contributed by atoms with Gasteiger partial charge in [-0.2, -0.15) is 0 Å². The van der Waals surface area contributed by atoms with Gasteiger partial charge in [0.1, 0.15) is 11.5 Å². The summed E-state index contributed by atoms with van der Waals surface area (Å²) < 4.78 is 1.16. The quantitative estimate of drug-likeness (QED) is 0.518. The number of aromatic nitrogens is 3. The lowest BCUT2D eigenvalue weighted by Crippen LogP contribution is -2.40. The number of amides is 1. The second kappa shape index (κ2) is 7.90. The number of hydrogen-bond acceptors (Lipinski definition) is 7. The number of carbonyl (C=O) groups excluding carboxylic acids is 1. The van der Waals surface area contributed by atoms with Crippen molar-refractivity contribution in [1.29, 1.82) is 0 Å². The molecule has 1 saturated heterocycles. The molecule has 1 fully saturated rings.